The van der Waals surface area contributed by atoms with E-state index in [1.165, 1.54) is 6.42 Å². The van der Waals surface area contributed by atoms with Crippen LogP contribution in [0, 0.1) is 18.8 Å². The summed E-state index contributed by atoms with van der Waals surface area (Å²) in [4.78, 5) is 11.9. The molecule has 0 spiro atoms. The van der Waals surface area contributed by atoms with Gasteiger partial charge in [-0.05, 0) is 38.0 Å². The fourth-order valence-electron chi connectivity index (χ4n) is 3.18. The van der Waals surface area contributed by atoms with Crippen LogP contribution in [-0.4, -0.2) is 27.6 Å². The Labute approximate surface area is 120 Å². The Bertz CT molecular complexity index is 485. The molecule has 2 rings (SSSR count). The van der Waals surface area contributed by atoms with Crippen molar-refractivity contribution < 1.29 is 9.53 Å². The van der Waals surface area contributed by atoms with E-state index in [0.29, 0.717) is 23.6 Å². The Kier molecular flexibility index (Phi) is 4.57. The summed E-state index contributed by atoms with van der Waals surface area (Å²) in [5, 5.41) is 8.18. The van der Waals surface area contributed by atoms with Crippen molar-refractivity contribution in [2.24, 2.45) is 11.8 Å². The number of hydrogen-bond acceptors (Lipinski definition) is 4. The molecule has 110 valence electrons. The van der Waals surface area contributed by atoms with Crippen LogP contribution in [0.3, 0.4) is 0 Å². The molecular weight excluding hydrogens is 254 g/mol. The summed E-state index contributed by atoms with van der Waals surface area (Å²) in [6.45, 7) is 10.2. The molecule has 1 aromatic rings. The van der Waals surface area contributed by atoms with Gasteiger partial charge in [-0.3, -0.25) is 0 Å². The third-order valence-corrected chi connectivity index (χ3v) is 3.95. The highest BCUT2D eigenvalue weighted by Gasteiger charge is 2.28. The highest BCUT2D eigenvalue weighted by Crippen LogP contribution is 2.36. The molecule has 1 aromatic heterocycles. The van der Waals surface area contributed by atoms with E-state index in [1.807, 2.05) is 11.6 Å². The second-order valence-corrected chi connectivity index (χ2v) is 5.93. The minimum absolute atomic E-state index is 0.197. The van der Waals surface area contributed by atoms with Crippen LogP contribution >= 0.6 is 0 Å². The number of esters is 1. The van der Waals surface area contributed by atoms with E-state index in [4.69, 9.17) is 4.74 Å². The van der Waals surface area contributed by atoms with Gasteiger partial charge in [0, 0.05) is 0 Å². The molecule has 2 unspecified atom stereocenters. The fraction of sp³-hybridized carbons (Fsp3) is 0.667. The molecule has 0 radical (unpaired) electrons. The average molecular weight is 277 g/mol. The lowest BCUT2D eigenvalue weighted by molar-refractivity contribution is 0.0542. The van der Waals surface area contributed by atoms with Gasteiger partial charge in [-0.25, -0.2) is 9.48 Å². The molecule has 5 heteroatoms. The summed E-state index contributed by atoms with van der Waals surface area (Å²) in [5.41, 5.74) is 1.11. The standard InChI is InChI=1S/C15H23N3O2/c1-5-6-20-15(19)14-12(4)18(17-16-14)13-8-10(2)7-11(3)9-13/h5,10-11,13H,1,6-9H2,2-4H3. The lowest BCUT2D eigenvalue weighted by atomic mass is 9.80. The molecule has 20 heavy (non-hydrogen) atoms. The van der Waals surface area contributed by atoms with E-state index in [0.717, 1.165) is 18.5 Å². The fourth-order valence-corrected chi connectivity index (χ4v) is 3.18. The van der Waals surface area contributed by atoms with Crippen molar-refractivity contribution >= 4 is 5.97 Å². The van der Waals surface area contributed by atoms with Gasteiger partial charge in [0.05, 0.1) is 11.7 Å². The molecule has 0 N–H and O–H groups in total. The third kappa shape index (κ3) is 3.08. The third-order valence-electron chi connectivity index (χ3n) is 3.95. The van der Waals surface area contributed by atoms with Crippen LogP contribution in [0.4, 0.5) is 0 Å². The maximum atomic E-state index is 11.9. The zero-order valence-electron chi connectivity index (χ0n) is 12.5. The van der Waals surface area contributed by atoms with E-state index >= 15 is 0 Å². The summed E-state index contributed by atoms with van der Waals surface area (Å²) in [6.07, 6.45) is 4.99. The Morgan fingerprint density at radius 2 is 2.05 bits per heavy atom. The SMILES string of the molecule is C=CCOC(=O)c1nnn(C2CC(C)CC(C)C2)c1C. The Hall–Kier alpha value is -1.65. The van der Waals surface area contributed by atoms with Crippen molar-refractivity contribution in [2.75, 3.05) is 6.61 Å². The van der Waals surface area contributed by atoms with Gasteiger partial charge in [0.15, 0.2) is 5.69 Å². The monoisotopic (exact) mass is 277 g/mol. The van der Waals surface area contributed by atoms with Gasteiger partial charge in [-0.1, -0.05) is 31.7 Å². The van der Waals surface area contributed by atoms with Crippen LogP contribution < -0.4 is 0 Å². The number of hydrogen-bond donors (Lipinski definition) is 0. The highest BCUT2D eigenvalue weighted by atomic mass is 16.5. The van der Waals surface area contributed by atoms with Crippen LogP contribution in [0.5, 0.6) is 0 Å². The Balaban J connectivity index is 2.15. The number of carbonyl (C=O) groups is 1. The lowest BCUT2D eigenvalue weighted by Gasteiger charge is -2.31. The first-order chi connectivity index (χ1) is 9.52. The second kappa shape index (κ2) is 6.20. The number of carbonyl (C=O) groups excluding carboxylic acids is 1. The number of nitrogens with zero attached hydrogens (tertiary/aromatic N) is 3. The van der Waals surface area contributed by atoms with Crippen molar-refractivity contribution in [1.82, 2.24) is 15.0 Å². The van der Waals surface area contributed by atoms with Crippen molar-refractivity contribution in [3.8, 4) is 0 Å². The zero-order chi connectivity index (χ0) is 14.7. The molecule has 0 bridgehead atoms. The highest BCUT2D eigenvalue weighted by molar-refractivity contribution is 5.88. The number of ether oxygens (including phenoxy) is 1. The topological polar surface area (TPSA) is 57.0 Å². The van der Waals surface area contributed by atoms with E-state index < -0.39 is 5.97 Å². The van der Waals surface area contributed by atoms with Gasteiger partial charge in [-0.2, -0.15) is 0 Å². The minimum atomic E-state index is -0.425. The van der Waals surface area contributed by atoms with Crippen molar-refractivity contribution in [3.63, 3.8) is 0 Å². The normalized spacial score (nSPS) is 26.2. The largest absolute Gasteiger partial charge is 0.457 e. The Morgan fingerprint density at radius 1 is 1.40 bits per heavy atom. The van der Waals surface area contributed by atoms with E-state index in [1.54, 1.807) is 6.08 Å². The van der Waals surface area contributed by atoms with Gasteiger partial charge < -0.3 is 4.74 Å². The van der Waals surface area contributed by atoms with Gasteiger partial charge >= 0.3 is 5.97 Å². The summed E-state index contributed by atoms with van der Waals surface area (Å²) in [5.74, 6) is 0.942. The van der Waals surface area contributed by atoms with E-state index in [2.05, 4.69) is 30.7 Å². The molecule has 0 aliphatic heterocycles. The molecule has 0 aromatic carbocycles. The lowest BCUT2D eigenvalue weighted by Crippen LogP contribution is -2.24. The molecular formula is C15H23N3O2. The predicted octanol–water partition coefficient (Wildman–Crippen LogP) is 2.93. The molecule has 1 heterocycles. The quantitative estimate of drug-likeness (QED) is 0.627. The molecule has 0 amide bonds. The van der Waals surface area contributed by atoms with Crippen LogP contribution in [0.2, 0.25) is 0 Å². The smallest absolute Gasteiger partial charge is 0.361 e. The zero-order valence-corrected chi connectivity index (χ0v) is 12.5. The number of aromatic nitrogens is 3. The molecule has 1 fully saturated rings. The van der Waals surface area contributed by atoms with E-state index in [9.17, 15) is 4.79 Å². The first kappa shape index (κ1) is 14.8. The van der Waals surface area contributed by atoms with Gasteiger partial charge in [0.25, 0.3) is 0 Å². The van der Waals surface area contributed by atoms with Crippen LogP contribution in [0.15, 0.2) is 12.7 Å². The molecule has 1 saturated carbocycles. The summed E-state index contributed by atoms with van der Waals surface area (Å²) >= 11 is 0. The van der Waals surface area contributed by atoms with Crippen LogP contribution in [0.25, 0.3) is 0 Å². The maximum absolute atomic E-state index is 11.9. The summed E-state index contributed by atoms with van der Waals surface area (Å²) in [6, 6.07) is 0.335. The Morgan fingerprint density at radius 3 is 2.65 bits per heavy atom. The van der Waals surface area contributed by atoms with Crippen LogP contribution in [0.1, 0.15) is 55.3 Å². The van der Waals surface area contributed by atoms with E-state index in [-0.39, 0.29) is 6.61 Å². The van der Waals surface area contributed by atoms with Crippen LogP contribution in [-0.2, 0) is 4.74 Å². The second-order valence-electron chi connectivity index (χ2n) is 5.93. The van der Waals surface area contributed by atoms with Crippen molar-refractivity contribution in [1.29, 1.82) is 0 Å². The molecule has 5 nitrogen and oxygen atoms in total. The minimum Gasteiger partial charge on any atom is -0.457 e. The first-order valence-corrected chi connectivity index (χ1v) is 7.22. The van der Waals surface area contributed by atoms with Crippen molar-refractivity contribution in [3.05, 3.63) is 24.0 Å². The maximum Gasteiger partial charge on any atom is 0.361 e. The summed E-state index contributed by atoms with van der Waals surface area (Å²) in [7, 11) is 0. The molecule has 1 aliphatic carbocycles. The summed E-state index contributed by atoms with van der Waals surface area (Å²) < 4.78 is 6.93. The predicted molar refractivity (Wildman–Crippen MR) is 76.5 cm³/mol. The first-order valence-electron chi connectivity index (χ1n) is 7.22. The van der Waals surface area contributed by atoms with Crippen molar-refractivity contribution in [2.45, 2.75) is 46.1 Å². The molecule has 1 aliphatic rings. The number of rotatable bonds is 4. The van der Waals surface area contributed by atoms with Gasteiger partial charge in [0.1, 0.15) is 6.61 Å². The molecule has 0 saturated heterocycles. The van der Waals surface area contributed by atoms with Gasteiger partial charge in [-0.15, -0.1) is 5.10 Å². The average Bonchev–Trinajstić information content (AvgIpc) is 2.76. The van der Waals surface area contributed by atoms with Gasteiger partial charge in [0.2, 0.25) is 0 Å². The molecule has 2 atom stereocenters.